The normalized spacial score (nSPS) is 22.6. The van der Waals surface area contributed by atoms with E-state index in [1.807, 2.05) is 18.7 Å². The average Bonchev–Trinajstić information content (AvgIpc) is 2.96. The molecule has 2 rings (SSSR count). The summed E-state index contributed by atoms with van der Waals surface area (Å²) in [6.07, 6.45) is 4.85. The van der Waals surface area contributed by atoms with Crippen molar-refractivity contribution in [1.29, 1.82) is 0 Å². The number of hydrogen-bond acceptors (Lipinski definition) is 4. The Morgan fingerprint density at radius 1 is 1.58 bits per heavy atom. The molecule has 1 fully saturated rings. The molecule has 1 heterocycles. The van der Waals surface area contributed by atoms with Crippen LogP contribution >= 0.6 is 11.8 Å². The molecule has 2 unspecified atom stereocenters. The molecule has 0 spiro atoms. The number of amides is 1. The number of carbonyl (C=O) groups is 1. The zero-order chi connectivity index (χ0) is 13.8. The third-order valence-electron chi connectivity index (χ3n) is 3.50. The number of nitrogen functional groups attached to an aromatic ring is 1. The third kappa shape index (κ3) is 3.23. The summed E-state index contributed by atoms with van der Waals surface area (Å²) in [6.45, 7) is 4.78. The van der Waals surface area contributed by atoms with E-state index in [1.54, 1.807) is 10.9 Å². The molecule has 1 aromatic heterocycles. The lowest BCUT2D eigenvalue weighted by Gasteiger charge is -2.14. The SMILES string of the molecule is CCSC1CCC(NC(=O)c2c(N)cnn2CC)C1. The van der Waals surface area contributed by atoms with E-state index in [9.17, 15) is 4.79 Å². The second-order valence-electron chi connectivity index (χ2n) is 4.83. The maximum Gasteiger partial charge on any atom is 0.271 e. The zero-order valence-corrected chi connectivity index (χ0v) is 12.4. The van der Waals surface area contributed by atoms with Gasteiger partial charge in [-0.25, -0.2) is 0 Å². The van der Waals surface area contributed by atoms with E-state index in [1.165, 1.54) is 6.42 Å². The lowest BCUT2D eigenvalue weighted by molar-refractivity contribution is 0.0928. The van der Waals surface area contributed by atoms with Crippen molar-refractivity contribution in [3.63, 3.8) is 0 Å². The minimum atomic E-state index is -0.0935. The first-order valence-electron chi connectivity index (χ1n) is 6.89. The molecule has 5 nitrogen and oxygen atoms in total. The van der Waals surface area contributed by atoms with Gasteiger partial charge in [0.2, 0.25) is 0 Å². The Kier molecular flexibility index (Phi) is 4.74. The van der Waals surface area contributed by atoms with Gasteiger partial charge < -0.3 is 11.1 Å². The average molecular weight is 282 g/mol. The summed E-state index contributed by atoms with van der Waals surface area (Å²) in [5.74, 6) is 1.05. The standard InChI is InChI=1S/C13H22N4OS/c1-3-17-12(11(14)8-15-17)13(18)16-9-5-6-10(7-9)19-4-2/h8-10H,3-7,14H2,1-2H3,(H,16,18). The van der Waals surface area contributed by atoms with Crippen LogP contribution in [0.5, 0.6) is 0 Å². The van der Waals surface area contributed by atoms with Crippen molar-refractivity contribution in [1.82, 2.24) is 15.1 Å². The molecule has 1 aliphatic carbocycles. The van der Waals surface area contributed by atoms with Crippen LogP contribution in [0.1, 0.15) is 43.6 Å². The van der Waals surface area contributed by atoms with Crippen molar-refractivity contribution in [3.05, 3.63) is 11.9 Å². The van der Waals surface area contributed by atoms with E-state index in [-0.39, 0.29) is 11.9 Å². The lowest BCUT2D eigenvalue weighted by Crippen LogP contribution is -2.35. The van der Waals surface area contributed by atoms with Gasteiger partial charge in [-0.2, -0.15) is 16.9 Å². The minimum absolute atomic E-state index is 0.0935. The number of thioether (sulfide) groups is 1. The number of aryl methyl sites for hydroxylation is 1. The molecule has 2 atom stereocenters. The fraction of sp³-hybridized carbons (Fsp3) is 0.692. The summed E-state index contributed by atoms with van der Waals surface area (Å²) < 4.78 is 1.65. The first kappa shape index (κ1) is 14.2. The number of carbonyl (C=O) groups excluding carboxylic acids is 1. The van der Waals surface area contributed by atoms with Crippen molar-refractivity contribution in [2.24, 2.45) is 0 Å². The maximum absolute atomic E-state index is 12.3. The maximum atomic E-state index is 12.3. The van der Waals surface area contributed by atoms with E-state index >= 15 is 0 Å². The van der Waals surface area contributed by atoms with Crippen molar-refractivity contribution in [2.45, 2.75) is 50.9 Å². The Morgan fingerprint density at radius 2 is 2.37 bits per heavy atom. The lowest BCUT2D eigenvalue weighted by atomic mass is 10.2. The van der Waals surface area contributed by atoms with E-state index in [0.717, 1.165) is 18.6 Å². The largest absolute Gasteiger partial charge is 0.396 e. The van der Waals surface area contributed by atoms with Gasteiger partial charge >= 0.3 is 0 Å². The predicted molar refractivity (Wildman–Crippen MR) is 79.3 cm³/mol. The summed E-state index contributed by atoms with van der Waals surface area (Å²) in [7, 11) is 0. The van der Waals surface area contributed by atoms with Crippen molar-refractivity contribution < 1.29 is 4.79 Å². The molecule has 0 saturated heterocycles. The van der Waals surface area contributed by atoms with E-state index in [2.05, 4.69) is 17.3 Å². The Hall–Kier alpha value is -1.17. The number of nitrogens with two attached hydrogens (primary N) is 1. The second-order valence-corrected chi connectivity index (χ2v) is 6.40. The van der Waals surface area contributed by atoms with Gasteiger partial charge in [0.05, 0.1) is 11.9 Å². The summed E-state index contributed by atoms with van der Waals surface area (Å²) >= 11 is 1.98. The highest BCUT2D eigenvalue weighted by molar-refractivity contribution is 7.99. The molecule has 0 aromatic carbocycles. The zero-order valence-electron chi connectivity index (χ0n) is 11.6. The molecule has 0 aliphatic heterocycles. The van der Waals surface area contributed by atoms with Gasteiger partial charge in [0.25, 0.3) is 5.91 Å². The summed E-state index contributed by atoms with van der Waals surface area (Å²) in [4.78, 5) is 12.3. The first-order chi connectivity index (χ1) is 9.15. The van der Waals surface area contributed by atoms with E-state index < -0.39 is 0 Å². The molecule has 1 aromatic rings. The Bertz CT molecular complexity index is 446. The summed E-state index contributed by atoms with van der Waals surface area (Å²) in [5.41, 5.74) is 6.77. The molecule has 0 radical (unpaired) electrons. The van der Waals surface area contributed by atoms with Crippen LogP contribution in [0.15, 0.2) is 6.20 Å². The van der Waals surface area contributed by atoms with Gasteiger partial charge in [0, 0.05) is 17.8 Å². The smallest absolute Gasteiger partial charge is 0.271 e. The number of anilines is 1. The van der Waals surface area contributed by atoms with Crippen molar-refractivity contribution >= 4 is 23.4 Å². The highest BCUT2D eigenvalue weighted by atomic mass is 32.2. The van der Waals surface area contributed by atoms with Crippen molar-refractivity contribution in [3.8, 4) is 0 Å². The third-order valence-corrected chi connectivity index (χ3v) is 4.74. The number of nitrogens with one attached hydrogen (secondary N) is 1. The minimum Gasteiger partial charge on any atom is -0.396 e. The molecule has 6 heteroatoms. The van der Waals surface area contributed by atoms with Crippen LogP contribution < -0.4 is 11.1 Å². The van der Waals surface area contributed by atoms with Crippen LogP contribution in [-0.4, -0.2) is 32.7 Å². The highest BCUT2D eigenvalue weighted by Crippen LogP contribution is 2.29. The van der Waals surface area contributed by atoms with Crippen LogP contribution in [0.4, 0.5) is 5.69 Å². The van der Waals surface area contributed by atoms with Crippen LogP contribution in [-0.2, 0) is 6.54 Å². The van der Waals surface area contributed by atoms with Gasteiger partial charge in [-0.3, -0.25) is 9.48 Å². The number of hydrogen-bond donors (Lipinski definition) is 2. The van der Waals surface area contributed by atoms with Crippen LogP contribution in [0.25, 0.3) is 0 Å². The van der Waals surface area contributed by atoms with Gasteiger partial charge in [-0.15, -0.1) is 0 Å². The monoisotopic (exact) mass is 282 g/mol. The van der Waals surface area contributed by atoms with Crippen LogP contribution in [0.2, 0.25) is 0 Å². The fourth-order valence-corrected chi connectivity index (χ4v) is 3.74. The second kappa shape index (κ2) is 6.32. The molecule has 1 aliphatic rings. The summed E-state index contributed by atoms with van der Waals surface area (Å²) in [6, 6.07) is 0.274. The molecule has 3 N–H and O–H groups in total. The van der Waals surface area contributed by atoms with Gasteiger partial charge in [-0.1, -0.05) is 6.92 Å². The topological polar surface area (TPSA) is 72.9 Å². The number of nitrogens with zero attached hydrogens (tertiary/aromatic N) is 2. The molecule has 19 heavy (non-hydrogen) atoms. The molecular formula is C13H22N4OS. The quantitative estimate of drug-likeness (QED) is 0.865. The van der Waals surface area contributed by atoms with Gasteiger partial charge in [0.1, 0.15) is 5.69 Å². The van der Waals surface area contributed by atoms with E-state index in [4.69, 9.17) is 5.73 Å². The fourth-order valence-electron chi connectivity index (χ4n) is 2.60. The predicted octanol–water partition coefficient (Wildman–Crippen LogP) is 1.89. The van der Waals surface area contributed by atoms with Crippen molar-refractivity contribution in [2.75, 3.05) is 11.5 Å². The van der Waals surface area contributed by atoms with Crippen LogP contribution in [0.3, 0.4) is 0 Å². The number of aromatic nitrogens is 2. The molecule has 1 amide bonds. The highest BCUT2D eigenvalue weighted by Gasteiger charge is 2.27. The number of rotatable bonds is 5. The molecular weight excluding hydrogens is 260 g/mol. The first-order valence-corrected chi connectivity index (χ1v) is 7.94. The van der Waals surface area contributed by atoms with Crippen LogP contribution in [0, 0.1) is 0 Å². The van der Waals surface area contributed by atoms with Gasteiger partial charge in [-0.05, 0) is 31.9 Å². The summed E-state index contributed by atoms with van der Waals surface area (Å²) in [5, 5.41) is 7.88. The van der Waals surface area contributed by atoms with E-state index in [0.29, 0.717) is 23.2 Å². The molecule has 0 bridgehead atoms. The van der Waals surface area contributed by atoms with Gasteiger partial charge in [0.15, 0.2) is 0 Å². The molecule has 1 saturated carbocycles. The Labute approximate surface area is 118 Å². The molecule has 106 valence electrons. The Morgan fingerprint density at radius 3 is 3.05 bits per heavy atom. The Balaban J connectivity index is 1.96.